The molecule has 5 rings (SSSR count). The zero-order valence-corrected chi connectivity index (χ0v) is 17.5. The van der Waals surface area contributed by atoms with Crippen molar-refractivity contribution >= 4 is 16.7 Å². The summed E-state index contributed by atoms with van der Waals surface area (Å²) in [5, 5.41) is 17.2. The van der Waals surface area contributed by atoms with Crippen molar-refractivity contribution in [2.45, 2.75) is 37.8 Å². The Balaban J connectivity index is 1.41. The first kappa shape index (κ1) is 19.9. The van der Waals surface area contributed by atoms with Crippen molar-refractivity contribution in [1.82, 2.24) is 19.7 Å². The molecule has 0 radical (unpaired) electrons. The van der Waals surface area contributed by atoms with E-state index in [1.165, 1.54) is 4.68 Å². The van der Waals surface area contributed by atoms with Crippen LogP contribution in [0.2, 0.25) is 0 Å². The molecule has 1 aromatic carbocycles. The third-order valence-electron chi connectivity index (χ3n) is 7.11. The number of rotatable bonds is 3. The fourth-order valence-electron chi connectivity index (χ4n) is 5.43. The highest BCUT2D eigenvalue weighted by Gasteiger charge is 2.51. The number of pyridine rings is 1. The van der Waals surface area contributed by atoms with Gasteiger partial charge in [0.15, 0.2) is 0 Å². The fourth-order valence-corrected chi connectivity index (χ4v) is 5.43. The molecule has 2 aromatic heterocycles. The van der Waals surface area contributed by atoms with Crippen molar-refractivity contribution in [3.05, 3.63) is 70.9 Å². The molecule has 3 aromatic rings. The Hall–Kier alpha value is -3.06. The Morgan fingerprint density at radius 1 is 1.19 bits per heavy atom. The molecule has 2 fully saturated rings. The summed E-state index contributed by atoms with van der Waals surface area (Å²) < 4.78 is 1.28. The molecule has 160 valence electrons. The monoisotopic (exact) mass is 418 g/mol. The van der Waals surface area contributed by atoms with Crippen LogP contribution in [0.3, 0.4) is 0 Å². The SMILES string of the molecule is C[C@H](C(=O)N1C[C@@H]2CCC[C@@](O)(c3cccnc3)[C@H]2C1)n1ncc2ccccc2c1=O. The fraction of sp³-hybridized carbons (Fsp3) is 0.417. The highest BCUT2D eigenvalue weighted by molar-refractivity contribution is 5.82. The first-order valence-electron chi connectivity index (χ1n) is 10.9. The van der Waals surface area contributed by atoms with Gasteiger partial charge in [0.05, 0.1) is 17.2 Å². The van der Waals surface area contributed by atoms with E-state index in [0.29, 0.717) is 24.9 Å². The van der Waals surface area contributed by atoms with Gasteiger partial charge in [0.1, 0.15) is 6.04 Å². The number of nitrogens with zero attached hydrogens (tertiary/aromatic N) is 4. The second-order valence-electron chi connectivity index (χ2n) is 8.83. The van der Waals surface area contributed by atoms with Crippen molar-refractivity contribution in [2.75, 3.05) is 13.1 Å². The number of benzene rings is 1. The van der Waals surface area contributed by atoms with Crippen molar-refractivity contribution in [3.63, 3.8) is 0 Å². The van der Waals surface area contributed by atoms with Gasteiger partial charge in [-0.1, -0.05) is 24.3 Å². The van der Waals surface area contributed by atoms with Crippen molar-refractivity contribution in [2.24, 2.45) is 11.8 Å². The van der Waals surface area contributed by atoms with Gasteiger partial charge in [-0.25, -0.2) is 4.68 Å². The third-order valence-corrected chi connectivity index (χ3v) is 7.11. The molecule has 0 bridgehead atoms. The molecule has 4 atom stereocenters. The Bertz CT molecular complexity index is 1180. The molecule has 7 nitrogen and oxygen atoms in total. The maximum absolute atomic E-state index is 13.4. The molecule has 0 unspecified atom stereocenters. The first-order chi connectivity index (χ1) is 15.0. The Morgan fingerprint density at radius 2 is 2.03 bits per heavy atom. The smallest absolute Gasteiger partial charge is 0.275 e. The van der Waals surface area contributed by atoms with Crippen LogP contribution in [0.1, 0.15) is 37.8 Å². The molecular weight excluding hydrogens is 392 g/mol. The van der Waals surface area contributed by atoms with Gasteiger partial charge in [-0.3, -0.25) is 14.6 Å². The number of aliphatic hydroxyl groups is 1. The summed E-state index contributed by atoms with van der Waals surface area (Å²) in [5.41, 5.74) is -0.421. The maximum Gasteiger partial charge on any atom is 0.275 e. The number of aromatic nitrogens is 3. The summed E-state index contributed by atoms with van der Waals surface area (Å²) in [5.74, 6) is 0.0621. The topological polar surface area (TPSA) is 88.3 Å². The van der Waals surface area contributed by atoms with Crippen LogP contribution in [-0.2, 0) is 10.4 Å². The molecule has 1 aliphatic carbocycles. The summed E-state index contributed by atoms with van der Waals surface area (Å²) in [6.07, 6.45) is 7.63. The molecular formula is C24H26N4O3. The van der Waals surface area contributed by atoms with Crippen LogP contribution in [0.15, 0.2) is 59.8 Å². The van der Waals surface area contributed by atoms with Crippen LogP contribution in [0, 0.1) is 11.8 Å². The zero-order chi connectivity index (χ0) is 21.6. The molecule has 1 saturated heterocycles. The molecule has 1 amide bonds. The summed E-state index contributed by atoms with van der Waals surface area (Å²) >= 11 is 0. The van der Waals surface area contributed by atoms with Gasteiger partial charge in [-0.15, -0.1) is 0 Å². The van der Waals surface area contributed by atoms with E-state index in [9.17, 15) is 14.7 Å². The molecule has 7 heteroatoms. The minimum Gasteiger partial charge on any atom is -0.385 e. The second kappa shape index (κ2) is 7.57. The average molecular weight is 418 g/mol. The van der Waals surface area contributed by atoms with Gasteiger partial charge in [0.2, 0.25) is 5.91 Å². The normalized spacial score (nSPS) is 26.6. The minimum atomic E-state index is -0.979. The zero-order valence-electron chi connectivity index (χ0n) is 17.5. The second-order valence-corrected chi connectivity index (χ2v) is 8.83. The highest BCUT2D eigenvalue weighted by Crippen LogP contribution is 2.48. The van der Waals surface area contributed by atoms with Gasteiger partial charge >= 0.3 is 0 Å². The van der Waals surface area contributed by atoms with Crippen LogP contribution < -0.4 is 5.56 Å². The molecule has 1 N–H and O–H groups in total. The van der Waals surface area contributed by atoms with E-state index >= 15 is 0 Å². The Kier molecular flexibility index (Phi) is 4.85. The standard InChI is InChI=1S/C24H26N4O3/c1-16(28-23(30)20-9-3-2-6-17(20)12-26-28)22(29)27-14-18-7-4-10-24(31,21(18)15-27)19-8-5-11-25-13-19/h2-3,5-6,8-9,11-13,16,18,21,31H,4,7,10,14-15H2,1H3/t16-,18+,21+,24-/m1/s1. The van der Waals surface area contributed by atoms with Crippen LogP contribution >= 0.6 is 0 Å². The van der Waals surface area contributed by atoms with E-state index in [4.69, 9.17) is 0 Å². The lowest BCUT2D eigenvalue weighted by atomic mass is 9.68. The van der Waals surface area contributed by atoms with E-state index in [1.54, 1.807) is 36.5 Å². The number of hydrogen-bond donors (Lipinski definition) is 1. The van der Waals surface area contributed by atoms with E-state index < -0.39 is 11.6 Å². The number of carbonyl (C=O) groups excluding carboxylic acids is 1. The third kappa shape index (κ3) is 3.24. The van der Waals surface area contributed by atoms with Crippen molar-refractivity contribution in [1.29, 1.82) is 0 Å². The lowest BCUT2D eigenvalue weighted by Crippen LogP contribution is -2.43. The number of fused-ring (bicyclic) bond motifs is 2. The number of carbonyl (C=O) groups is 1. The van der Waals surface area contributed by atoms with E-state index in [1.807, 2.05) is 30.3 Å². The van der Waals surface area contributed by atoms with Crippen LogP contribution in [-0.4, -0.2) is 43.8 Å². The van der Waals surface area contributed by atoms with E-state index in [-0.39, 0.29) is 23.3 Å². The molecule has 3 heterocycles. The lowest BCUT2D eigenvalue weighted by Gasteiger charge is -2.41. The van der Waals surface area contributed by atoms with Crippen LogP contribution in [0.5, 0.6) is 0 Å². The summed E-state index contributed by atoms with van der Waals surface area (Å²) in [6.45, 7) is 2.79. The predicted molar refractivity (Wildman–Crippen MR) is 116 cm³/mol. The molecule has 2 aliphatic rings. The quantitative estimate of drug-likeness (QED) is 0.706. The number of likely N-dealkylation sites (tertiary alicyclic amines) is 1. The molecule has 1 saturated carbocycles. The van der Waals surface area contributed by atoms with Crippen LogP contribution in [0.25, 0.3) is 10.8 Å². The van der Waals surface area contributed by atoms with Gasteiger partial charge in [0.25, 0.3) is 5.56 Å². The van der Waals surface area contributed by atoms with Crippen molar-refractivity contribution in [3.8, 4) is 0 Å². The van der Waals surface area contributed by atoms with Gasteiger partial charge < -0.3 is 10.0 Å². The number of hydrogen-bond acceptors (Lipinski definition) is 5. The maximum atomic E-state index is 13.4. The highest BCUT2D eigenvalue weighted by atomic mass is 16.3. The predicted octanol–water partition coefficient (Wildman–Crippen LogP) is 2.50. The van der Waals surface area contributed by atoms with E-state index in [2.05, 4.69) is 10.1 Å². The molecule has 1 aliphatic heterocycles. The lowest BCUT2D eigenvalue weighted by molar-refractivity contribution is -0.134. The van der Waals surface area contributed by atoms with Gasteiger partial charge in [-0.05, 0) is 44.2 Å². The Labute approximate surface area is 180 Å². The number of amides is 1. The molecule has 0 spiro atoms. The van der Waals surface area contributed by atoms with Crippen molar-refractivity contribution < 1.29 is 9.90 Å². The first-order valence-corrected chi connectivity index (χ1v) is 10.9. The minimum absolute atomic E-state index is 0.0390. The van der Waals surface area contributed by atoms with Gasteiger partial charge in [-0.2, -0.15) is 5.10 Å². The average Bonchev–Trinajstić information content (AvgIpc) is 3.25. The Morgan fingerprint density at radius 3 is 2.84 bits per heavy atom. The summed E-state index contributed by atoms with van der Waals surface area (Å²) in [7, 11) is 0. The summed E-state index contributed by atoms with van der Waals surface area (Å²) in [6, 6.07) is 10.3. The summed E-state index contributed by atoms with van der Waals surface area (Å²) in [4.78, 5) is 32.3. The van der Waals surface area contributed by atoms with E-state index in [0.717, 1.165) is 23.8 Å². The van der Waals surface area contributed by atoms with Gasteiger partial charge in [0, 0.05) is 42.4 Å². The van der Waals surface area contributed by atoms with Crippen LogP contribution in [0.4, 0.5) is 0 Å². The largest absolute Gasteiger partial charge is 0.385 e. The molecule has 31 heavy (non-hydrogen) atoms.